The number of benzene rings is 1. The highest BCUT2D eigenvalue weighted by Gasteiger charge is 2.19. The van der Waals surface area contributed by atoms with E-state index in [2.05, 4.69) is 15.5 Å². The Kier molecular flexibility index (Phi) is 5.95. The average Bonchev–Trinajstić information content (AvgIpc) is 2.50. The fraction of sp³-hybridized carbons (Fsp3) is 0. The molecule has 1 heterocycles. The first-order valence-corrected chi connectivity index (χ1v) is 7.78. The third-order valence-corrected chi connectivity index (χ3v) is 4.32. The van der Waals surface area contributed by atoms with Gasteiger partial charge in [0.1, 0.15) is 5.02 Å². The predicted octanol–water partition coefficient (Wildman–Crippen LogP) is 4.69. The van der Waals surface area contributed by atoms with Gasteiger partial charge in [0.2, 0.25) is 0 Å². The van der Waals surface area contributed by atoms with E-state index in [0.29, 0.717) is 15.6 Å². The smallest absolute Gasteiger partial charge is 0.291 e. The van der Waals surface area contributed by atoms with Crippen LogP contribution in [0.4, 0.5) is 5.69 Å². The fourth-order valence-corrected chi connectivity index (χ4v) is 2.55. The van der Waals surface area contributed by atoms with Gasteiger partial charge in [0.05, 0.1) is 21.9 Å². The number of halogens is 5. The van der Waals surface area contributed by atoms with Crippen LogP contribution < -0.4 is 11.2 Å². The minimum absolute atomic E-state index is 0.0235. The molecule has 0 spiro atoms. The normalized spacial score (nSPS) is 11.0. The summed E-state index contributed by atoms with van der Waals surface area (Å²) in [6, 6.07) is 4.82. The van der Waals surface area contributed by atoms with Crippen molar-refractivity contribution in [2.75, 3.05) is 5.73 Å². The first-order valence-electron chi connectivity index (χ1n) is 5.89. The molecule has 2 rings (SSSR count). The number of nitrogens with zero attached hydrogens (tertiary/aromatic N) is 2. The van der Waals surface area contributed by atoms with Gasteiger partial charge in [0.15, 0.2) is 10.8 Å². The van der Waals surface area contributed by atoms with E-state index >= 15 is 0 Å². The van der Waals surface area contributed by atoms with Gasteiger partial charge >= 0.3 is 0 Å². The molecule has 10 heteroatoms. The van der Waals surface area contributed by atoms with Crippen LogP contribution in [0, 0.1) is 0 Å². The van der Waals surface area contributed by atoms with Crippen molar-refractivity contribution in [2.24, 2.45) is 5.10 Å². The zero-order chi connectivity index (χ0) is 17.1. The van der Waals surface area contributed by atoms with Crippen LogP contribution in [0.5, 0.6) is 0 Å². The summed E-state index contributed by atoms with van der Waals surface area (Å²) >= 11 is 29.2. The number of carbonyl (C=O) groups is 1. The molecule has 5 nitrogen and oxygen atoms in total. The monoisotopic (exact) mass is 410 g/mol. The van der Waals surface area contributed by atoms with Crippen molar-refractivity contribution in [3.63, 3.8) is 0 Å². The summed E-state index contributed by atoms with van der Waals surface area (Å²) < 4.78 is 0. The number of hydrogen-bond donors (Lipinski definition) is 2. The van der Waals surface area contributed by atoms with E-state index in [9.17, 15) is 4.79 Å². The Morgan fingerprint density at radius 1 is 1.17 bits per heavy atom. The highest BCUT2D eigenvalue weighted by Crippen LogP contribution is 2.34. The predicted molar refractivity (Wildman–Crippen MR) is 95.2 cm³/mol. The number of nitrogens with one attached hydrogen (secondary N) is 1. The summed E-state index contributed by atoms with van der Waals surface area (Å²) in [7, 11) is 0. The first-order chi connectivity index (χ1) is 10.8. The molecule has 0 aliphatic rings. The molecule has 1 amide bonds. The lowest BCUT2D eigenvalue weighted by atomic mass is 10.2. The summed E-state index contributed by atoms with van der Waals surface area (Å²) in [6.07, 6.45) is 1.34. The number of hydrazone groups is 1. The van der Waals surface area contributed by atoms with Gasteiger partial charge in [0.25, 0.3) is 5.91 Å². The molecular weight excluding hydrogens is 405 g/mol. The number of carbonyl (C=O) groups excluding carboxylic acids is 1. The summed E-state index contributed by atoms with van der Waals surface area (Å²) in [5.74, 6) is -0.707. The number of amides is 1. The quantitative estimate of drug-likeness (QED) is 0.436. The molecule has 120 valence electrons. The Bertz CT molecular complexity index is 809. The van der Waals surface area contributed by atoms with Gasteiger partial charge in [-0.15, -0.1) is 0 Å². The Labute approximate surface area is 156 Å². The Balaban J connectivity index is 2.18. The van der Waals surface area contributed by atoms with Gasteiger partial charge < -0.3 is 5.73 Å². The molecule has 0 fully saturated rings. The first kappa shape index (κ1) is 18.1. The van der Waals surface area contributed by atoms with E-state index in [1.54, 1.807) is 18.2 Å². The number of pyridine rings is 1. The average molecular weight is 412 g/mol. The molecule has 2 aromatic rings. The summed E-state index contributed by atoms with van der Waals surface area (Å²) in [5, 5.41) is 4.36. The third-order valence-electron chi connectivity index (χ3n) is 2.62. The molecular formula is C13H7Cl5N4O. The number of aromatic nitrogens is 1. The summed E-state index contributed by atoms with van der Waals surface area (Å²) in [6.45, 7) is 0. The fourth-order valence-electron chi connectivity index (χ4n) is 1.50. The maximum Gasteiger partial charge on any atom is 0.291 e. The van der Waals surface area contributed by atoms with Crippen molar-refractivity contribution in [2.45, 2.75) is 0 Å². The van der Waals surface area contributed by atoms with Crippen molar-refractivity contribution in [1.29, 1.82) is 0 Å². The second-order valence-corrected chi connectivity index (χ2v) is 6.12. The second-order valence-electron chi connectivity index (χ2n) is 4.16. The van der Waals surface area contributed by atoms with E-state index in [-0.39, 0.29) is 26.6 Å². The number of anilines is 1. The Morgan fingerprint density at radius 2 is 1.87 bits per heavy atom. The number of nitrogens with two attached hydrogens (primary N) is 1. The number of nitrogen functional groups attached to an aromatic ring is 1. The van der Waals surface area contributed by atoms with Crippen LogP contribution in [0.3, 0.4) is 0 Å². The van der Waals surface area contributed by atoms with E-state index in [1.807, 2.05) is 0 Å². The lowest BCUT2D eigenvalue weighted by Gasteiger charge is -2.07. The van der Waals surface area contributed by atoms with Crippen LogP contribution in [0.2, 0.25) is 25.2 Å². The van der Waals surface area contributed by atoms with E-state index in [4.69, 9.17) is 63.7 Å². The molecule has 1 aromatic heterocycles. The second kappa shape index (κ2) is 7.55. The molecule has 0 saturated heterocycles. The molecule has 3 N–H and O–H groups in total. The molecule has 0 aliphatic carbocycles. The SMILES string of the molecule is Nc1c(Cl)c(Cl)nc(C(=O)N/N=C\c2ccc(Cl)cc2Cl)c1Cl. The third kappa shape index (κ3) is 4.19. The van der Waals surface area contributed by atoms with E-state index in [0.717, 1.165) is 0 Å². The van der Waals surface area contributed by atoms with Crippen molar-refractivity contribution < 1.29 is 4.79 Å². The highest BCUT2D eigenvalue weighted by molar-refractivity contribution is 6.46. The molecule has 1 aromatic carbocycles. The summed E-state index contributed by atoms with van der Waals surface area (Å²) in [5.41, 5.74) is 8.20. The molecule has 0 aliphatic heterocycles. The number of rotatable bonds is 3. The zero-order valence-electron chi connectivity index (χ0n) is 11.1. The molecule has 0 atom stereocenters. The van der Waals surface area contributed by atoms with Crippen LogP contribution in [0.25, 0.3) is 0 Å². The van der Waals surface area contributed by atoms with Crippen LogP contribution in [-0.2, 0) is 0 Å². The van der Waals surface area contributed by atoms with Gasteiger partial charge in [-0.05, 0) is 12.1 Å². The maximum atomic E-state index is 12.0. The highest BCUT2D eigenvalue weighted by atomic mass is 35.5. The van der Waals surface area contributed by atoms with Gasteiger partial charge in [0, 0.05) is 10.6 Å². The molecule has 0 saturated carbocycles. The molecule has 0 unspecified atom stereocenters. The van der Waals surface area contributed by atoms with Crippen molar-refractivity contribution in [3.8, 4) is 0 Å². The Morgan fingerprint density at radius 3 is 2.52 bits per heavy atom. The Hall–Kier alpha value is -1.24. The van der Waals surface area contributed by atoms with Gasteiger partial charge in [-0.25, -0.2) is 10.4 Å². The molecule has 0 radical (unpaired) electrons. The maximum absolute atomic E-state index is 12.0. The van der Waals surface area contributed by atoms with Crippen molar-refractivity contribution >= 4 is 75.8 Å². The van der Waals surface area contributed by atoms with E-state index < -0.39 is 5.91 Å². The minimum atomic E-state index is -0.707. The van der Waals surface area contributed by atoms with E-state index in [1.165, 1.54) is 6.21 Å². The standard InChI is InChI=1S/C13H7Cl5N4O/c14-6-2-1-5(7(15)3-6)4-20-22-13(23)11-8(16)10(19)9(17)12(18)21-11/h1-4H,(H2,19,21)(H,22,23)/b20-4-. The van der Waals surface area contributed by atoms with Crippen LogP contribution in [0.1, 0.15) is 16.1 Å². The van der Waals surface area contributed by atoms with Crippen molar-refractivity contribution in [1.82, 2.24) is 10.4 Å². The lowest BCUT2D eigenvalue weighted by molar-refractivity contribution is 0.0950. The van der Waals surface area contributed by atoms with Crippen LogP contribution >= 0.6 is 58.0 Å². The van der Waals surface area contributed by atoms with Gasteiger partial charge in [-0.2, -0.15) is 5.10 Å². The topological polar surface area (TPSA) is 80.4 Å². The van der Waals surface area contributed by atoms with Crippen LogP contribution in [0.15, 0.2) is 23.3 Å². The zero-order valence-corrected chi connectivity index (χ0v) is 14.9. The lowest BCUT2D eigenvalue weighted by Crippen LogP contribution is -2.20. The van der Waals surface area contributed by atoms with Crippen molar-refractivity contribution in [3.05, 3.63) is 54.7 Å². The largest absolute Gasteiger partial charge is 0.396 e. The number of hydrogen-bond acceptors (Lipinski definition) is 4. The molecule has 23 heavy (non-hydrogen) atoms. The van der Waals surface area contributed by atoms with Crippen LogP contribution in [-0.4, -0.2) is 17.1 Å². The van der Waals surface area contributed by atoms with Gasteiger partial charge in [-0.1, -0.05) is 64.1 Å². The molecule has 0 bridgehead atoms. The summed E-state index contributed by atoms with van der Waals surface area (Å²) in [4.78, 5) is 15.8. The van der Waals surface area contributed by atoms with Gasteiger partial charge in [-0.3, -0.25) is 4.79 Å². The minimum Gasteiger partial charge on any atom is -0.396 e.